The number of aliphatic hydroxyl groups excluding tert-OH is 1. The number of amides is 1. The van der Waals surface area contributed by atoms with Crippen LogP contribution in [0.3, 0.4) is 0 Å². The van der Waals surface area contributed by atoms with Crippen LogP contribution < -0.4 is 10.1 Å². The Morgan fingerprint density at radius 2 is 1.79 bits per heavy atom. The Labute approximate surface area is 248 Å². The second-order valence-electron chi connectivity index (χ2n) is 11.3. The van der Waals surface area contributed by atoms with Crippen LogP contribution in [0.5, 0.6) is 5.75 Å². The molecule has 0 spiro atoms. The number of β-amino-alcohol motifs (C(OH)–C–C–N with tert-alkyl or cyclic N) is 1. The van der Waals surface area contributed by atoms with Crippen LogP contribution in [0.15, 0.2) is 59.5 Å². The summed E-state index contributed by atoms with van der Waals surface area (Å²) in [5.74, 6) is 0.486. The van der Waals surface area contributed by atoms with Crippen LogP contribution in [-0.2, 0) is 30.7 Å². The lowest BCUT2D eigenvalue weighted by molar-refractivity contribution is -0.0907. The van der Waals surface area contributed by atoms with Gasteiger partial charge in [-0.2, -0.15) is 4.31 Å². The smallest absolute Gasteiger partial charge is 0.407 e. The molecule has 2 N–H and O–H groups in total. The number of ether oxygens (including phenoxy) is 4. The van der Waals surface area contributed by atoms with Crippen molar-refractivity contribution < 1.29 is 37.3 Å². The highest BCUT2D eigenvalue weighted by molar-refractivity contribution is 7.89. The van der Waals surface area contributed by atoms with Gasteiger partial charge in [-0.15, -0.1) is 0 Å². The Morgan fingerprint density at radius 1 is 1.00 bits per heavy atom. The molecular formula is C31H42N2O8S. The summed E-state index contributed by atoms with van der Waals surface area (Å²) in [6, 6.07) is 15.2. The fourth-order valence-electron chi connectivity index (χ4n) is 5.83. The molecule has 230 valence electrons. The number of hydrogen-bond acceptors (Lipinski definition) is 8. The van der Waals surface area contributed by atoms with Crippen LogP contribution >= 0.6 is 0 Å². The molecule has 3 aliphatic rings. The molecule has 3 heterocycles. The highest BCUT2D eigenvalue weighted by Crippen LogP contribution is 2.33. The fourth-order valence-corrected chi connectivity index (χ4v) is 7.36. The van der Waals surface area contributed by atoms with E-state index < -0.39 is 34.4 Å². The van der Waals surface area contributed by atoms with Crippen molar-refractivity contribution in [1.29, 1.82) is 0 Å². The first-order chi connectivity index (χ1) is 20.4. The summed E-state index contributed by atoms with van der Waals surface area (Å²) in [7, 11) is -3.95. The SMILES string of the molecule is O=C(N[C@@H](Cc1ccccc1)[C@H](O)CN1CCCCCCCCOc2cccc(c2)S1(=O)=O)O[C@H]1CO[C@H]2OCCC21. The number of nitrogens with zero attached hydrogens (tertiary/aromatic N) is 1. The number of sulfonamides is 1. The van der Waals surface area contributed by atoms with Crippen LogP contribution in [0.25, 0.3) is 0 Å². The van der Waals surface area contributed by atoms with E-state index in [0.29, 0.717) is 31.8 Å². The van der Waals surface area contributed by atoms with Crippen molar-refractivity contribution in [3.8, 4) is 5.75 Å². The topological polar surface area (TPSA) is 124 Å². The zero-order chi connectivity index (χ0) is 29.4. The number of hydrogen-bond donors (Lipinski definition) is 2. The molecule has 1 unspecified atom stereocenters. The summed E-state index contributed by atoms with van der Waals surface area (Å²) >= 11 is 0. The monoisotopic (exact) mass is 602 g/mol. The van der Waals surface area contributed by atoms with Gasteiger partial charge in [-0.1, -0.05) is 62.1 Å². The molecule has 2 fully saturated rings. The highest BCUT2D eigenvalue weighted by Gasteiger charge is 2.44. The third-order valence-corrected chi connectivity index (χ3v) is 10.1. The van der Waals surface area contributed by atoms with Crippen LogP contribution in [0.1, 0.15) is 50.5 Å². The maximum atomic E-state index is 13.9. The van der Waals surface area contributed by atoms with Gasteiger partial charge in [0, 0.05) is 19.2 Å². The van der Waals surface area contributed by atoms with Gasteiger partial charge < -0.3 is 29.4 Å². The number of carbonyl (C=O) groups excluding carboxylic acids is 1. The molecule has 42 heavy (non-hydrogen) atoms. The average Bonchev–Trinajstić information content (AvgIpc) is 3.60. The van der Waals surface area contributed by atoms with E-state index >= 15 is 0 Å². The van der Waals surface area contributed by atoms with Crippen LogP contribution in [0.2, 0.25) is 0 Å². The number of carbonyl (C=O) groups is 1. The number of aliphatic hydroxyl groups is 1. The molecular weight excluding hydrogens is 560 g/mol. The largest absolute Gasteiger partial charge is 0.494 e. The van der Waals surface area contributed by atoms with Gasteiger partial charge in [-0.05, 0) is 43.4 Å². The molecule has 0 radical (unpaired) electrons. The Kier molecular flexibility index (Phi) is 10.7. The van der Waals surface area contributed by atoms with E-state index in [9.17, 15) is 18.3 Å². The normalized spacial score (nSPS) is 26.3. The second kappa shape index (κ2) is 14.7. The minimum absolute atomic E-state index is 0.0195. The fraction of sp³-hybridized carbons (Fsp3) is 0.581. The van der Waals surface area contributed by atoms with E-state index in [4.69, 9.17) is 18.9 Å². The zero-order valence-corrected chi connectivity index (χ0v) is 24.8. The molecule has 5 atom stereocenters. The van der Waals surface area contributed by atoms with E-state index in [1.54, 1.807) is 24.3 Å². The Balaban J connectivity index is 1.33. The number of rotatable bonds is 7. The number of fused-ring (bicyclic) bond motifs is 3. The van der Waals surface area contributed by atoms with Gasteiger partial charge in [0.1, 0.15) is 11.9 Å². The summed E-state index contributed by atoms with van der Waals surface area (Å²) in [6.45, 7) is 1.43. The van der Waals surface area contributed by atoms with Gasteiger partial charge in [0.15, 0.2) is 6.29 Å². The summed E-state index contributed by atoms with van der Waals surface area (Å²) in [6.07, 6.45) is 3.98. The Bertz CT molecular complexity index is 1260. The van der Waals surface area contributed by atoms with Crippen molar-refractivity contribution in [3.63, 3.8) is 0 Å². The lowest BCUT2D eigenvalue weighted by Gasteiger charge is -2.30. The molecule has 0 saturated carbocycles. The van der Waals surface area contributed by atoms with Gasteiger partial charge in [-0.25, -0.2) is 13.2 Å². The van der Waals surface area contributed by atoms with Crippen molar-refractivity contribution in [2.24, 2.45) is 5.92 Å². The first kappa shape index (κ1) is 30.7. The van der Waals surface area contributed by atoms with Crippen LogP contribution in [0.4, 0.5) is 4.79 Å². The molecule has 2 aromatic carbocycles. The molecule has 5 rings (SSSR count). The van der Waals surface area contributed by atoms with E-state index in [1.807, 2.05) is 30.3 Å². The van der Waals surface area contributed by atoms with Crippen molar-refractivity contribution in [3.05, 3.63) is 60.2 Å². The van der Waals surface area contributed by atoms with Gasteiger partial charge in [0.05, 0.1) is 42.8 Å². The minimum atomic E-state index is -3.95. The standard InChI is InChI=1S/C31H42N2O8S/c34-28(21-33-16-8-3-1-2-4-9-17-38-24-13-10-14-25(20-24)42(33,36)37)27(19-23-11-6-5-7-12-23)32-31(35)41-29-22-40-30-26(29)15-18-39-30/h5-7,10-14,20,26-30,34H,1-4,8-9,15-19,21-22H2,(H,32,35)/t26?,27-,28+,29-,30+/m0/s1. The van der Waals surface area contributed by atoms with Crippen molar-refractivity contribution >= 4 is 16.1 Å². The molecule has 0 aromatic heterocycles. The van der Waals surface area contributed by atoms with Gasteiger partial charge in [0.25, 0.3) is 0 Å². The predicted octanol–water partition coefficient (Wildman–Crippen LogP) is 3.87. The molecule has 1 amide bonds. The van der Waals surface area contributed by atoms with E-state index in [-0.39, 0.29) is 36.8 Å². The van der Waals surface area contributed by atoms with Crippen molar-refractivity contribution in [2.75, 3.05) is 32.9 Å². The third kappa shape index (κ3) is 8.02. The predicted molar refractivity (Wildman–Crippen MR) is 156 cm³/mol. The number of nitrogens with one attached hydrogen (secondary N) is 1. The Hall–Kier alpha value is -2.70. The summed E-state index contributed by atoms with van der Waals surface area (Å²) in [5, 5.41) is 14.3. The quantitative estimate of drug-likeness (QED) is 0.490. The molecule has 2 bridgehead atoms. The van der Waals surface area contributed by atoms with Gasteiger partial charge in [0.2, 0.25) is 10.0 Å². The van der Waals surface area contributed by atoms with Gasteiger partial charge in [-0.3, -0.25) is 0 Å². The van der Waals surface area contributed by atoms with E-state index in [2.05, 4.69) is 5.32 Å². The number of alkyl carbamates (subject to hydrolysis) is 1. The lowest BCUT2D eigenvalue weighted by Crippen LogP contribution is -2.51. The summed E-state index contributed by atoms with van der Waals surface area (Å²) in [5.41, 5.74) is 0.893. The molecule has 11 heteroatoms. The summed E-state index contributed by atoms with van der Waals surface area (Å²) < 4.78 is 51.7. The molecule has 0 aliphatic carbocycles. The molecule has 2 saturated heterocycles. The summed E-state index contributed by atoms with van der Waals surface area (Å²) in [4.78, 5) is 13.2. The highest BCUT2D eigenvalue weighted by atomic mass is 32.2. The number of benzene rings is 2. The maximum Gasteiger partial charge on any atom is 0.407 e. The van der Waals surface area contributed by atoms with Crippen LogP contribution in [-0.4, -0.2) is 81.4 Å². The molecule has 3 aliphatic heterocycles. The van der Waals surface area contributed by atoms with Crippen molar-refractivity contribution in [2.45, 2.75) is 80.8 Å². The zero-order valence-electron chi connectivity index (χ0n) is 23.9. The van der Waals surface area contributed by atoms with E-state index in [0.717, 1.165) is 44.1 Å². The third-order valence-electron chi connectivity index (χ3n) is 8.21. The first-order valence-electron chi connectivity index (χ1n) is 15.1. The lowest BCUT2D eigenvalue weighted by atomic mass is 10.0. The van der Waals surface area contributed by atoms with Gasteiger partial charge >= 0.3 is 6.09 Å². The maximum absolute atomic E-state index is 13.9. The second-order valence-corrected chi connectivity index (χ2v) is 13.2. The van der Waals surface area contributed by atoms with Crippen LogP contribution in [0, 0.1) is 5.92 Å². The average molecular weight is 603 g/mol. The van der Waals surface area contributed by atoms with Crippen molar-refractivity contribution in [1.82, 2.24) is 9.62 Å². The molecule has 2 aromatic rings. The minimum Gasteiger partial charge on any atom is -0.494 e. The Morgan fingerprint density at radius 3 is 2.62 bits per heavy atom. The first-order valence-corrected chi connectivity index (χ1v) is 16.5. The molecule has 10 nitrogen and oxygen atoms in total. The van der Waals surface area contributed by atoms with E-state index in [1.165, 1.54) is 4.31 Å².